The van der Waals surface area contributed by atoms with Gasteiger partial charge in [0.25, 0.3) is 17.4 Å². The number of nitrogens with one attached hydrogen (secondary N) is 1. The number of hydroxylamine groups is 1. The third kappa shape index (κ3) is 3.72. The van der Waals surface area contributed by atoms with Gasteiger partial charge in [-0.25, -0.2) is 4.98 Å². The Hall–Kier alpha value is -3.60. The molecule has 0 spiro atoms. The van der Waals surface area contributed by atoms with Crippen molar-refractivity contribution in [2.45, 2.75) is 13.0 Å². The van der Waals surface area contributed by atoms with Crippen LogP contribution >= 0.6 is 0 Å². The van der Waals surface area contributed by atoms with Gasteiger partial charge in [0, 0.05) is 18.3 Å². The highest BCUT2D eigenvalue weighted by atomic mass is 16.6. The highest BCUT2D eigenvalue weighted by Crippen LogP contribution is 2.24. The van der Waals surface area contributed by atoms with Crippen molar-refractivity contribution in [1.82, 2.24) is 25.1 Å². The Bertz CT molecular complexity index is 939. The molecular weight excluding hydrogens is 342 g/mol. The summed E-state index contributed by atoms with van der Waals surface area (Å²) in [6.45, 7) is 1.83. The van der Waals surface area contributed by atoms with E-state index in [0.717, 1.165) is 0 Å². The lowest BCUT2D eigenvalue weighted by atomic mass is 10.2. The zero-order valence-corrected chi connectivity index (χ0v) is 13.9. The van der Waals surface area contributed by atoms with Gasteiger partial charge in [-0.05, 0) is 25.1 Å². The number of rotatable bonds is 7. The second-order valence-electron chi connectivity index (χ2n) is 5.08. The topological polar surface area (TPSA) is 129 Å². The Kier molecular flexibility index (Phi) is 4.99. The van der Waals surface area contributed by atoms with E-state index >= 15 is 0 Å². The Morgan fingerprint density at radius 1 is 1.35 bits per heavy atom. The number of aliphatic imine (C=N–C) groups is 1. The largest absolute Gasteiger partial charge is 0.484 e. The van der Waals surface area contributed by atoms with E-state index < -0.39 is 11.0 Å². The van der Waals surface area contributed by atoms with Gasteiger partial charge in [-0.2, -0.15) is 14.5 Å². The fourth-order valence-electron chi connectivity index (χ4n) is 2.21. The smallest absolute Gasteiger partial charge is 0.272 e. The lowest BCUT2D eigenvalue weighted by Gasteiger charge is -2.15. The van der Waals surface area contributed by atoms with Gasteiger partial charge >= 0.3 is 0 Å². The molecule has 134 valence electrons. The molecule has 3 aromatic rings. The minimum Gasteiger partial charge on any atom is -0.484 e. The van der Waals surface area contributed by atoms with Gasteiger partial charge < -0.3 is 4.74 Å². The summed E-state index contributed by atoms with van der Waals surface area (Å²) in [5.41, 5.74) is 3.15. The fraction of sp³-hybridized carbons (Fsp3) is 0.200. The number of aromatic nitrogens is 4. The predicted molar refractivity (Wildman–Crippen MR) is 91.2 cm³/mol. The summed E-state index contributed by atoms with van der Waals surface area (Å²) in [4.78, 5) is 27.2. The molecule has 0 fully saturated rings. The number of nitrogens with zero attached hydrogens (tertiary/aromatic N) is 6. The number of nitro groups is 1. The lowest BCUT2D eigenvalue weighted by Crippen LogP contribution is -2.10. The van der Waals surface area contributed by atoms with E-state index in [-0.39, 0.29) is 11.6 Å². The van der Waals surface area contributed by atoms with E-state index in [0.29, 0.717) is 17.2 Å². The van der Waals surface area contributed by atoms with E-state index in [1.807, 2.05) is 6.92 Å². The maximum atomic E-state index is 10.7. The minimum absolute atomic E-state index is 0.000229. The molecular formula is C15H15N7O4. The molecule has 11 heteroatoms. The molecule has 1 atom stereocenters. The van der Waals surface area contributed by atoms with Crippen molar-refractivity contribution in [3.63, 3.8) is 0 Å². The summed E-state index contributed by atoms with van der Waals surface area (Å²) in [5.74, 6) is 1.07. The van der Waals surface area contributed by atoms with Gasteiger partial charge in [-0.15, -0.1) is 5.10 Å². The molecule has 0 aliphatic carbocycles. The summed E-state index contributed by atoms with van der Waals surface area (Å²) in [6, 6.07) is 7.60. The molecule has 0 radical (unpaired) electrons. The second-order valence-corrected chi connectivity index (χ2v) is 5.08. The second kappa shape index (κ2) is 7.53. The highest BCUT2D eigenvalue weighted by Gasteiger charge is 2.15. The molecule has 0 amide bonds. The molecule has 0 unspecified atom stereocenters. The number of fused-ring (bicyclic) bond motifs is 1. The number of ether oxygens (including phenoxy) is 1. The zero-order chi connectivity index (χ0) is 18.5. The van der Waals surface area contributed by atoms with Crippen molar-refractivity contribution in [2.24, 2.45) is 4.99 Å². The van der Waals surface area contributed by atoms with Crippen molar-refractivity contribution in [3.05, 3.63) is 52.3 Å². The van der Waals surface area contributed by atoms with Crippen LogP contribution in [0.4, 0.5) is 11.6 Å². The van der Waals surface area contributed by atoms with Crippen LogP contribution in [0.2, 0.25) is 0 Å². The van der Waals surface area contributed by atoms with Crippen molar-refractivity contribution in [2.75, 3.05) is 7.11 Å². The first-order valence-corrected chi connectivity index (χ1v) is 7.52. The van der Waals surface area contributed by atoms with Crippen LogP contribution in [0.15, 0.2) is 41.5 Å². The van der Waals surface area contributed by atoms with Gasteiger partial charge in [0.05, 0.1) is 17.7 Å². The van der Waals surface area contributed by atoms with Crippen LogP contribution in [0, 0.1) is 10.1 Å². The lowest BCUT2D eigenvalue weighted by molar-refractivity contribution is -0.384. The van der Waals surface area contributed by atoms with Gasteiger partial charge in [0.2, 0.25) is 0 Å². The van der Waals surface area contributed by atoms with Gasteiger partial charge in [-0.1, -0.05) is 0 Å². The average molecular weight is 357 g/mol. The fourth-order valence-corrected chi connectivity index (χ4v) is 2.21. The van der Waals surface area contributed by atoms with E-state index in [9.17, 15) is 10.1 Å². The molecule has 1 N–H and O–H groups in total. The summed E-state index contributed by atoms with van der Waals surface area (Å²) in [5, 5.41) is 15.0. The predicted octanol–water partition coefficient (Wildman–Crippen LogP) is 1.98. The summed E-state index contributed by atoms with van der Waals surface area (Å²) in [7, 11) is 1.46. The first kappa shape index (κ1) is 17.2. The molecule has 2 heterocycles. The molecule has 2 aromatic heterocycles. The first-order chi connectivity index (χ1) is 12.6. The number of benzene rings is 1. The summed E-state index contributed by atoms with van der Waals surface area (Å²) >= 11 is 0. The zero-order valence-electron chi connectivity index (χ0n) is 13.9. The van der Waals surface area contributed by atoms with Crippen LogP contribution in [-0.4, -0.2) is 38.0 Å². The number of non-ortho nitro benzene ring substituents is 1. The maximum Gasteiger partial charge on any atom is 0.272 e. The molecule has 0 bridgehead atoms. The Balaban J connectivity index is 1.83. The van der Waals surface area contributed by atoms with Crippen molar-refractivity contribution < 1.29 is 14.5 Å². The normalized spacial score (nSPS) is 12.4. The molecule has 0 saturated heterocycles. The third-order valence-electron chi connectivity index (χ3n) is 3.39. The molecule has 0 aliphatic rings. The molecule has 0 aliphatic heterocycles. The van der Waals surface area contributed by atoms with Crippen molar-refractivity contribution in [1.29, 1.82) is 0 Å². The van der Waals surface area contributed by atoms with Crippen molar-refractivity contribution in [3.8, 4) is 5.75 Å². The number of hydrogen-bond donors (Lipinski definition) is 1. The van der Waals surface area contributed by atoms with Gasteiger partial charge in [0.1, 0.15) is 18.2 Å². The van der Waals surface area contributed by atoms with Crippen LogP contribution in [0.1, 0.15) is 18.7 Å². The maximum absolute atomic E-state index is 10.7. The molecule has 26 heavy (non-hydrogen) atoms. The third-order valence-corrected chi connectivity index (χ3v) is 3.39. The molecule has 11 nitrogen and oxygen atoms in total. The van der Waals surface area contributed by atoms with Gasteiger partial charge in [-0.3, -0.25) is 20.4 Å². The molecule has 1 aromatic carbocycles. The van der Waals surface area contributed by atoms with E-state index in [4.69, 9.17) is 4.74 Å². The SMILES string of the molecule is CONC=Nc1nc2nccc([C@H](C)Oc3ccc([N+](=O)[O-])cc3)n2n1. The van der Waals surface area contributed by atoms with Crippen LogP contribution in [0.3, 0.4) is 0 Å². The van der Waals surface area contributed by atoms with E-state index in [2.05, 4.69) is 30.4 Å². The van der Waals surface area contributed by atoms with E-state index in [1.165, 1.54) is 30.1 Å². The highest BCUT2D eigenvalue weighted by molar-refractivity contribution is 5.57. The summed E-state index contributed by atoms with van der Waals surface area (Å²) in [6.07, 6.45) is 2.50. The number of nitro benzene ring substituents is 1. The van der Waals surface area contributed by atoms with Crippen molar-refractivity contribution >= 4 is 23.8 Å². The molecule has 3 rings (SSSR count). The van der Waals surface area contributed by atoms with Crippen LogP contribution in [-0.2, 0) is 4.84 Å². The standard InChI is InChI=1S/C15H15N7O4/c1-10(26-12-5-3-11(4-6-12)22(23)24)13-7-8-16-15-19-14(20-21(13)15)17-9-18-25-2/h3-10H,1-2H3,(H,17,18,20)/t10-/m0/s1. The van der Waals surface area contributed by atoms with Gasteiger partial charge in [0.15, 0.2) is 0 Å². The Morgan fingerprint density at radius 3 is 2.81 bits per heavy atom. The quantitative estimate of drug-likeness (QED) is 0.294. The first-order valence-electron chi connectivity index (χ1n) is 7.52. The van der Waals surface area contributed by atoms with E-state index in [1.54, 1.807) is 24.4 Å². The average Bonchev–Trinajstić information content (AvgIpc) is 3.05. The molecule has 0 saturated carbocycles. The Labute approximate surface area is 147 Å². The van der Waals surface area contributed by atoms with Crippen LogP contribution in [0.5, 0.6) is 5.75 Å². The van der Waals surface area contributed by atoms with Crippen LogP contribution in [0.25, 0.3) is 5.78 Å². The number of hydrogen-bond acceptors (Lipinski definition) is 8. The minimum atomic E-state index is -0.463. The summed E-state index contributed by atoms with van der Waals surface area (Å²) < 4.78 is 7.36. The van der Waals surface area contributed by atoms with Crippen LogP contribution < -0.4 is 10.2 Å². The monoisotopic (exact) mass is 357 g/mol. The Morgan fingerprint density at radius 2 is 2.12 bits per heavy atom.